The molecule has 0 radical (unpaired) electrons. The summed E-state index contributed by atoms with van der Waals surface area (Å²) in [5, 5.41) is 2.14. The van der Waals surface area contributed by atoms with Crippen LogP contribution in [0.15, 0.2) is 46.7 Å². The SMILES string of the molecule is NC(=O)c1c(F)ccc(OCCCc2nc(-c3ccc(S(F)(F)(F)(F)F)cc3)cs2)c1F. The lowest BCUT2D eigenvalue weighted by molar-refractivity contribution is 0.0991. The van der Waals surface area contributed by atoms with Gasteiger partial charge in [0.1, 0.15) is 16.3 Å². The van der Waals surface area contributed by atoms with Gasteiger partial charge in [-0.3, -0.25) is 4.79 Å². The zero-order valence-corrected chi connectivity index (χ0v) is 17.6. The van der Waals surface area contributed by atoms with Gasteiger partial charge < -0.3 is 10.5 Å². The molecule has 0 aliphatic rings. The lowest BCUT2D eigenvalue weighted by atomic mass is 10.1. The van der Waals surface area contributed by atoms with E-state index in [1.807, 2.05) is 0 Å². The zero-order chi connectivity index (χ0) is 23.8. The van der Waals surface area contributed by atoms with Gasteiger partial charge in [-0.1, -0.05) is 31.6 Å². The zero-order valence-electron chi connectivity index (χ0n) is 16.0. The van der Waals surface area contributed by atoms with Gasteiger partial charge in [0.15, 0.2) is 11.6 Å². The van der Waals surface area contributed by atoms with E-state index in [-0.39, 0.29) is 17.9 Å². The van der Waals surface area contributed by atoms with Crippen LogP contribution in [0, 0.1) is 11.6 Å². The number of hydrogen-bond donors (Lipinski definition) is 1. The second-order valence-electron chi connectivity index (χ2n) is 6.67. The van der Waals surface area contributed by atoms with Crippen molar-refractivity contribution >= 4 is 27.5 Å². The van der Waals surface area contributed by atoms with Crippen LogP contribution in [-0.2, 0) is 6.42 Å². The van der Waals surface area contributed by atoms with Gasteiger partial charge in [0, 0.05) is 17.4 Å². The van der Waals surface area contributed by atoms with Crippen LogP contribution in [0.2, 0.25) is 0 Å². The van der Waals surface area contributed by atoms with Crippen LogP contribution in [0.5, 0.6) is 5.75 Å². The van der Waals surface area contributed by atoms with Gasteiger partial charge in [0.25, 0.3) is 5.91 Å². The number of carbonyl (C=O) groups excluding carboxylic acids is 1. The third-order valence-corrected chi connectivity index (χ3v) is 6.31. The number of aromatic nitrogens is 1. The Morgan fingerprint density at radius 3 is 2.28 bits per heavy atom. The summed E-state index contributed by atoms with van der Waals surface area (Å²) in [4.78, 5) is 13.4. The highest BCUT2D eigenvalue weighted by Gasteiger charge is 2.65. The van der Waals surface area contributed by atoms with E-state index < -0.39 is 38.2 Å². The summed E-state index contributed by atoms with van der Waals surface area (Å²) >= 11 is 1.20. The van der Waals surface area contributed by atoms with Crippen LogP contribution in [0.3, 0.4) is 0 Å². The van der Waals surface area contributed by atoms with E-state index in [2.05, 4.69) is 4.98 Å². The van der Waals surface area contributed by atoms with Crippen LogP contribution >= 0.6 is 21.6 Å². The molecule has 1 amide bonds. The number of thiazole rings is 1. The van der Waals surface area contributed by atoms with Crippen molar-refractivity contribution in [3.05, 3.63) is 64.0 Å². The van der Waals surface area contributed by atoms with Gasteiger partial charge in [-0.2, -0.15) is 0 Å². The van der Waals surface area contributed by atoms with Crippen molar-refractivity contribution in [3.8, 4) is 17.0 Å². The topological polar surface area (TPSA) is 65.2 Å². The Morgan fingerprint density at radius 2 is 1.69 bits per heavy atom. The fourth-order valence-corrected chi connectivity index (χ4v) is 4.22. The maximum absolute atomic E-state index is 14.1. The molecule has 3 rings (SSSR count). The van der Waals surface area contributed by atoms with E-state index in [0.29, 0.717) is 35.7 Å². The molecule has 174 valence electrons. The number of ether oxygens (including phenoxy) is 1. The molecule has 1 aromatic heterocycles. The van der Waals surface area contributed by atoms with Crippen LogP contribution < -0.4 is 10.5 Å². The quantitative estimate of drug-likeness (QED) is 0.272. The van der Waals surface area contributed by atoms with Crippen LogP contribution in [-0.4, -0.2) is 17.5 Å². The van der Waals surface area contributed by atoms with E-state index in [9.17, 15) is 33.0 Å². The van der Waals surface area contributed by atoms with E-state index in [4.69, 9.17) is 10.5 Å². The third kappa shape index (κ3) is 5.51. The van der Waals surface area contributed by atoms with Crippen LogP contribution in [0.4, 0.5) is 28.2 Å². The second kappa shape index (κ2) is 7.66. The molecule has 0 fully saturated rings. The minimum absolute atomic E-state index is 0.00568. The van der Waals surface area contributed by atoms with Gasteiger partial charge >= 0.3 is 10.2 Å². The maximum Gasteiger partial charge on any atom is 0.310 e. The normalized spacial score (nSPS) is 14.0. The molecule has 0 atom stereocenters. The summed E-state index contributed by atoms with van der Waals surface area (Å²) in [5.74, 6) is -3.92. The highest BCUT2D eigenvalue weighted by atomic mass is 32.5. The monoisotopic (exact) mass is 500 g/mol. The highest BCUT2D eigenvalue weighted by Crippen LogP contribution is 3.02. The standard InChI is InChI=1S/C19H15F7N2O2S2/c20-13-7-8-15(18(21)17(13)19(27)29)30-9-1-2-16-28-14(10-31-16)11-3-5-12(6-4-11)32(22,23,24,25)26/h3-8,10H,1-2,9H2,(H2,27,29). The average Bonchev–Trinajstić information content (AvgIpc) is 3.14. The summed E-state index contributed by atoms with van der Waals surface area (Å²) in [5.41, 5.74) is 4.59. The molecule has 0 saturated carbocycles. The number of primary amides is 1. The predicted molar refractivity (Wildman–Crippen MR) is 108 cm³/mol. The number of benzene rings is 2. The Morgan fingerprint density at radius 1 is 1.03 bits per heavy atom. The van der Waals surface area contributed by atoms with Crippen molar-refractivity contribution in [1.29, 1.82) is 0 Å². The van der Waals surface area contributed by atoms with Crippen molar-refractivity contribution in [1.82, 2.24) is 4.98 Å². The van der Waals surface area contributed by atoms with Gasteiger partial charge in [-0.05, 0) is 30.7 Å². The highest BCUT2D eigenvalue weighted by molar-refractivity contribution is 8.45. The van der Waals surface area contributed by atoms with Crippen LogP contribution in [0.25, 0.3) is 11.3 Å². The Labute approximate surface area is 181 Å². The van der Waals surface area contributed by atoms with Gasteiger partial charge in [-0.15, -0.1) is 11.3 Å². The predicted octanol–water partition coefficient (Wildman–Crippen LogP) is 6.86. The summed E-state index contributed by atoms with van der Waals surface area (Å²) < 4.78 is 96.7. The first-order valence-electron chi connectivity index (χ1n) is 8.85. The minimum Gasteiger partial charge on any atom is -0.490 e. The minimum atomic E-state index is -9.73. The maximum atomic E-state index is 14.1. The molecule has 0 aliphatic carbocycles. The van der Waals surface area contributed by atoms with Crippen molar-refractivity contribution in [2.24, 2.45) is 5.73 Å². The number of carbonyl (C=O) groups is 1. The first-order valence-corrected chi connectivity index (χ1v) is 11.7. The number of halogens is 7. The summed E-state index contributed by atoms with van der Waals surface area (Å²) in [6, 6.07) is 4.36. The smallest absolute Gasteiger partial charge is 0.310 e. The molecule has 0 saturated heterocycles. The van der Waals surface area contributed by atoms with Crippen molar-refractivity contribution in [2.75, 3.05) is 6.61 Å². The Hall–Kier alpha value is -2.80. The summed E-state index contributed by atoms with van der Waals surface area (Å²) in [7, 11) is -9.73. The average molecular weight is 500 g/mol. The number of rotatable bonds is 8. The number of nitrogens with zero attached hydrogens (tertiary/aromatic N) is 1. The Balaban J connectivity index is 1.60. The molecular formula is C19H15F7N2O2S2. The third-order valence-electron chi connectivity index (χ3n) is 4.24. The fraction of sp³-hybridized carbons (Fsp3) is 0.158. The number of hydrogen-bond acceptors (Lipinski definition) is 4. The molecule has 0 unspecified atom stereocenters. The second-order valence-corrected chi connectivity index (χ2v) is 10.0. The van der Waals surface area contributed by atoms with Crippen LogP contribution in [0.1, 0.15) is 21.8 Å². The largest absolute Gasteiger partial charge is 0.490 e. The first-order chi connectivity index (χ1) is 14.7. The summed E-state index contributed by atoms with van der Waals surface area (Å²) in [6.07, 6.45) is 0.707. The lowest BCUT2D eigenvalue weighted by Gasteiger charge is -2.40. The molecule has 0 bridgehead atoms. The van der Waals surface area contributed by atoms with Crippen molar-refractivity contribution in [2.45, 2.75) is 17.7 Å². The molecule has 1 heterocycles. The number of aryl methyl sites for hydroxylation is 1. The molecule has 2 N–H and O–H groups in total. The summed E-state index contributed by atoms with van der Waals surface area (Å²) in [6.45, 7) is -0.00568. The molecule has 32 heavy (non-hydrogen) atoms. The van der Waals surface area contributed by atoms with E-state index in [1.165, 1.54) is 11.3 Å². The number of amides is 1. The van der Waals surface area contributed by atoms with Crippen molar-refractivity contribution < 1.29 is 37.7 Å². The number of nitrogens with two attached hydrogens (primary N) is 1. The molecule has 13 heteroatoms. The molecule has 2 aromatic carbocycles. The lowest BCUT2D eigenvalue weighted by Crippen LogP contribution is -2.16. The van der Waals surface area contributed by atoms with E-state index in [0.717, 1.165) is 24.3 Å². The Kier molecular flexibility index (Phi) is 5.71. The van der Waals surface area contributed by atoms with Crippen molar-refractivity contribution in [3.63, 3.8) is 0 Å². The molecule has 4 nitrogen and oxygen atoms in total. The van der Waals surface area contributed by atoms with Gasteiger partial charge in [0.05, 0.1) is 17.3 Å². The Bertz CT molecular complexity index is 1160. The van der Waals surface area contributed by atoms with Gasteiger partial charge in [-0.25, -0.2) is 13.8 Å². The fourth-order valence-electron chi connectivity index (χ4n) is 2.72. The first kappa shape index (κ1) is 23.9. The molecular weight excluding hydrogens is 485 g/mol. The van der Waals surface area contributed by atoms with E-state index >= 15 is 0 Å². The molecule has 0 aliphatic heterocycles. The molecule has 0 spiro atoms. The van der Waals surface area contributed by atoms with E-state index in [1.54, 1.807) is 5.38 Å². The van der Waals surface area contributed by atoms with Gasteiger partial charge in [0.2, 0.25) is 0 Å². The molecule has 3 aromatic rings.